The quantitative estimate of drug-likeness (QED) is 0.576. The Hall–Kier alpha value is -2.24. The van der Waals surface area contributed by atoms with Crippen LogP contribution in [0.25, 0.3) is 11.3 Å². The van der Waals surface area contributed by atoms with Gasteiger partial charge in [0.15, 0.2) is 5.82 Å². The molecule has 0 bridgehead atoms. The summed E-state index contributed by atoms with van der Waals surface area (Å²) in [5, 5.41) is 14.4. The summed E-state index contributed by atoms with van der Waals surface area (Å²) in [6.07, 6.45) is 1.25. The van der Waals surface area contributed by atoms with E-state index in [1.807, 2.05) is 0 Å². The molecule has 0 amide bonds. The number of aromatic nitrogens is 2. The molecule has 0 radical (unpaired) electrons. The Kier molecular flexibility index (Phi) is 2.40. The van der Waals surface area contributed by atoms with Crippen LogP contribution in [-0.2, 0) is 7.05 Å². The van der Waals surface area contributed by atoms with Crippen molar-refractivity contribution in [3.05, 3.63) is 46.4 Å². The zero-order valence-electron chi connectivity index (χ0n) is 8.42. The summed E-state index contributed by atoms with van der Waals surface area (Å²) in [6.45, 7) is 0. The Morgan fingerprint density at radius 3 is 2.44 bits per heavy atom. The molecule has 1 aromatic heterocycles. The summed E-state index contributed by atoms with van der Waals surface area (Å²) in [7, 11) is 1.61. The molecule has 5 nitrogen and oxygen atoms in total. The van der Waals surface area contributed by atoms with Crippen molar-refractivity contribution in [1.29, 1.82) is 0 Å². The van der Waals surface area contributed by atoms with Gasteiger partial charge in [-0.15, -0.1) is 0 Å². The summed E-state index contributed by atoms with van der Waals surface area (Å²) in [5.41, 5.74) is 0.682. The molecule has 0 saturated heterocycles. The fraction of sp³-hybridized carbons (Fsp3) is 0.100. The third-order valence-electron chi connectivity index (χ3n) is 2.14. The molecule has 0 atom stereocenters. The molecular weight excluding hydrogens is 213 g/mol. The Morgan fingerprint density at radius 1 is 1.38 bits per heavy atom. The van der Waals surface area contributed by atoms with Gasteiger partial charge < -0.3 is 0 Å². The molecule has 6 heteroatoms. The van der Waals surface area contributed by atoms with Gasteiger partial charge in [0.2, 0.25) is 0 Å². The minimum atomic E-state index is -0.501. The number of benzene rings is 1. The third-order valence-corrected chi connectivity index (χ3v) is 2.14. The van der Waals surface area contributed by atoms with E-state index in [-0.39, 0.29) is 11.4 Å². The van der Waals surface area contributed by atoms with Gasteiger partial charge in [0.05, 0.1) is 11.1 Å². The molecule has 0 aliphatic heterocycles. The first-order chi connectivity index (χ1) is 7.58. The molecule has 0 fully saturated rings. The maximum absolute atomic E-state index is 13.3. The van der Waals surface area contributed by atoms with Crippen molar-refractivity contribution in [3.63, 3.8) is 0 Å². The van der Waals surface area contributed by atoms with Crippen LogP contribution in [0.1, 0.15) is 0 Å². The maximum atomic E-state index is 13.3. The first-order valence-corrected chi connectivity index (χ1v) is 4.52. The highest BCUT2D eigenvalue weighted by molar-refractivity contribution is 5.61. The maximum Gasteiger partial charge on any atom is 0.269 e. The Bertz CT molecular complexity index is 533. The fourth-order valence-electron chi connectivity index (χ4n) is 1.40. The Balaban J connectivity index is 2.42. The van der Waals surface area contributed by atoms with Crippen molar-refractivity contribution in [2.75, 3.05) is 0 Å². The van der Waals surface area contributed by atoms with E-state index < -0.39 is 10.7 Å². The molecule has 2 aromatic rings. The van der Waals surface area contributed by atoms with Crippen LogP contribution in [0.4, 0.5) is 10.1 Å². The molecule has 0 aliphatic rings. The van der Waals surface area contributed by atoms with Gasteiger partial charge in [0.25, 0.3) is 5.69 Å². The zero-order chi connectivity index (χ0) is 11.7. The number of nitro benzene ring substituents is 1. The van der Waals surface area contributed by atoms with Gasteiger partial charge in [0.1, 0.15) is 5.69 Å². The minimum absolute atomic E-state index is 0.0277. The summed E-state index contributed by atoms with van der Waals surface area (Å²) in [5.74, 6) is -0.448. The third kappa shape index (κ3) is 1.77. The predicted molar refractivity (Wildman–Crippen MR) is 55.3 cm³/mol. The lowest BCUT2D eigenvalue weighted by atomic mass is 10.1. The Labute approximate surface area is 90.3 Å². The zero-order valence-corrected chi connectivity index (χ0v) is 8.42. The van der Waals surface area contributed by atoms with E-state index in [1.165, 1.54) is 35.1 Å². The van der Waals surface area contributed by atoms with Crippen LogP contribution < -0.4 is 0 Å². The van der Waals surface area contributed by atoms with E-state index in [4.69, 9.17) is 0 Å². The van der Waals surface area contributed by atoms with Crippen molar-refractivity contribution in [3.8, 4) is 11.3 Å². The monoisotopic (exact) mass is 221 g/mol. The highest BCUT2D eigenvalue weighted by Gasteiger charge is 2.11. The molecule has 1 heterocycles. The number of nitro groups is 1. The van der Waals surface area contributed by atoms with Gasteiger partial charge in [0, 0.05) is 24.7 Å². The lowest BCUT2D eigenvalue weighted by molar-refractivity contribution is -0.384. The van der Waals surface area contributed by atoms with Gasteiger partial charge >= 0.3 is 0 Å². The average Bonchev–Trinajstić information content (AvgIpc) is 2.58. The lowest BCUT2D eigenvalue weighted by Crippen LogP contribution is -1.89. The Morgan fingerprint density at radius 2 is 2.00 bits per heavy atom. The first-order valence-electron chi connectivity index (χ1n) is 4.52. The molecule has 82 valence electrons. The standard InChI is InChI=1S/C10H8FN3O2/c1-13-6-9(11)10(12-13)7-2-4-8(5-3-7)14(15)16/h2-6H,1H3. The van der Waals surface area contributed by atoms with E-state index in [0.29, 0.717) is 5.56 Å². The second kappa shape index (κ2) is 3.73. The van der Waals surface area contributed by atoms with Crippen LogP contribution >= 0.6 is 0 Å². The molecule has 0 saturated carbocycles. The summed E-state index contributed by atoms with van der Waals surface area (Å²) < 4.78 is 14.7. The van der Waals surface area contributed by atoms with Crippen molar-refractivity contribution in [1.82, 2.24) is 9.78 Å². The van der Waals surface area contributed by atoms with E-state index in [2.05, 4.69) is 5.10 Å². The molecule has 0 spiro atoms. The van der Waals surface area contributed by atoms with Crippen LogP contribution in [0.3, 0.4) is 0 Å². The minimum Gasteiger partial charge on any atom is -0.272 e. The molecule has 0 unspecified atom stereocenters. The molecule has 0 N–H and O–H groups in total. The fourth-order valence-corrected chi connectivity index (χ4v) is 1.40. The number of non-ortho nitro benzene ring substituents is 1. The largest absolute Gasteiger partial charge is 0.272 e. The van der Waals surface area contributed by atoms with Crippen LogP contribution in [0.5, 0.6) is 0 Å². The normalized spacial score (nSPS) is 10.4. The van der Waals surface area contributed by atoms with Crippen LogP contribution in [0.15, 0.2) is 30.5 Å². The van der Waals surface area contributed by atoms with Gasteiger partial charge in [-0.25, -0.2) is 4.39 Å². The highest BCUT2D eigenvalue weighted by atomic mass is 19.1. The number of hydrogen-bond donors (Lipinski definition) is 0. The van der Waals surface area contributed by atoms with Crippen molar-refractivity contribution in [2.45, 2.75) is 0 Å². The number of halogens is 1. The highest BCUT2D eigenvalue weighted by Crippen LogP contribution is 2.22. The van der Waals surface area contributed by atoms with Gasteiger partial charge in [-0.2, -0.15) is 5.10 Å². The average molecular weight is 221 g/mol. The van der Waals surface area contributed by atoms with Crippen molar-refractivity contribution >= 4 is 5.69 Å². The molecule has 2 rings (SSSR count). The second-order valence-electron chi connectivity index (χ2n) is 3.30. The van der Waals surface area contributed by atoms with Gasteiger partial charge in [-0.1, -0.05) is 0 Å². The summed E-state index contributed by atoms with van der Waals surface area (Å²) in [4.78, 5) is 9.93. The van der Waals surface area contributed by atoms with Gasteiger partial charge in [-0.05, 0) is 12.1 Å². The van der Waals surface area contributed by atoms with E-state index in [1.54, 1.807) is 7.05 Å². The molecule has 16 heavy (non-hydrogen) atoms. The molecular formula is C10H8FN3O2. The molecule has 0 aliphatic carbocycles. The van der Waals surface area contributed by atoms with E-state index in [9.17, 15) is 14.5 Å². The lowest BCUT2D eigenvalue weighted by Gasteiger charge is -1.96. The predicted octanol–water partition coefficient (Wildman–Crippen LogP) is 2.13. The van der Waals surface area contributed by atoms with Gasteiger partial charge in [-0.3, -0.25) is 14.8 Å². The topological polar surface area (TPSA) is 61.0 Å². The number of nitrogens with zero attached hydrogens (tertiary/aromatic N) is 3. The number of rotatable bonds is 2. The van der Waals surface area contributed by atoms with E-state index >= 15 is 0 Å². The van der Waals surface area contributed by atoms with Crippen molar-refractivity contribution < 1.29 is 9.31 Å². The van der Waals surface area contributed by atoms with Crippen LogP contribution in [0, 0.1) is 15.9 Å². The van der Waals surface area contributed by atoms with Crippen LogP contribution in [0.2, 0.25) is 0 Å². The molecule has 1 aromatic carbocycles. The summed E-state index contributed by atoms with van der Waals surface area (Å²) >= 11 is 0. The van der Waals surface area contributed by atoms with E-state index in [0.717, 1.165) is 0 Å². The van der Waals surface area contributed by atoms with Crippen molar-refractivity contribution in [2.24, 2.45) is 7.05 Å². The summed E-state index contributed by atoms with van der Waals surface area (Å²) in [6, 6.07) is 5.60. The number of aryl methyl sites for hydroxylation is 1. The smallest absolute Gasteiger partial charge is 0.269 e. The van der Waals surface area contributed by atoms with Crippen LogP contribution in [-0.4, -0.2) is 14.7 Å². The first kappa shape index (κ1) is 10.3. The second-order valence-corrected chi connectivity index (χ2v) is 3.30. The number of hydrogen-bond acceptors (Lipinski definition) is 3. The SMILES string of the molecule is Cn1cc(F)c(-c2ccc([N+](=O)[O-])cc2)n1.